The molecule has 104 valence electrons. The monoisotopic (exact) mass is 295 g/mol. The first-order valence-electron chi connectivity index (χ1n) is 5.38. The van der Waals surface area contributed by atoms with Crippen LogP contribution in [0.25, 0.3) is 0 Å². The molecule has 0 bridgehead atoms. The van der Waals surface area contributed by atoms with Crippen LogP contribution in [-0.2, 0) is 19.1 Å². The van der Waals surface area contributed by atoms with E-state index in [0.717, 1.165) is 10.6 Å². The van der Waals surface area contributed by atoms with Gasteiger partial charge >= 0.3 is 0 Å². The van der Waals surface area contributed by atoms with Crippen LogP contribution in [0.15, 0.2) is 22.8 Å². The number of hydrogen-bond acceptors (Lipinski definition) is 5. The van der Waals surface area contributed by atoms with E-state index < -0.39 is 23.2 Å². The van der Waals surface area contributed by atoms with E-state index in [1.807, 2.05) is 0 Å². The van der Waals surface area contributed by atoms with Gasteiger partial charge in [0, 0.05) is 13.7 Å². The molecule has 0 amide bonds. The molecular formula is C10H18NO5PS. The lowest BCUT2D eigenvalue weighted by molar-refractivity contribution is 0.295. The summed E-state index contributed by atoms with van der Waals surface area (Å²) in [6, 6.07) is 3.20. The Morgan fingerprint density at radius 2 is 2.17 bits per heavy atom. The highest BCUT2D eigenvalue weighted by atomic mass is 32.2. The first kappa shape index (κ1) is 15.4. The van der Waals surface area contributed by atoms with Gasteiger partial charge in [-0.15, -0.1) is 0 Å². The number of hydrogen-bond donors (Lipinski definition) is 0. The van der Waals surface area contributed by atoms with Crippen molar-refractivity contribution in [2.75, 3.05) is 26.6 Å². The largest absolute Gasteiger partial charge is 0.467 e. The lowest BCUT2D eigenvalue weighted by Gasteiger charge is -2.29. The van der Waals surface area contributed by atoms with Crippen molar-refractivity contribution in [1.29, 1.82) is 0 Å². The normalized spacial score (nSPS) is 17.6. The Morgan fingerprint density at radius 1 is 1.56 bits per heavy atom. The summed E-state index contributed by atoms with van der Waals surface area (Å²) in [6.45, 7) is 3.35. The second-order valence-electron chi connectivity index (χ2n) is 3.99. The average molecular weight is 295 g/mol. The van der Waals surface area contributed by atoms with Crippen LogP contribution in [0.4, 0.5) is 0 Å². The molecule has 0 aromatic carbocycles. The van der Waals surface area contributed by atoms with Crippen molar-refractivity contribution in [3.8, 4) is 0 Å². The maximum Gasteiger partial charge on any atom is 0.225 e. The molecule has 1 rings (SSSR count). The molecule has 0 radical (unpaired) electrons. The van der Waals surface area contributed by atoms with Gasteiger partial charge in [0.15, 0.2) is 5.78 Å². The van der Waals surface area contributed by atoms with E-state index in [1.165, 1.54) is 20.0 Å². The van der Waals surface area contributed by atoms with E-state index in [2.05, 4.69) is 0 Å². The maximum absolute atomic E-state index is 12.5. The third kappa shape index (κ3) is 3.45. The van der Waals surface area contributed by atoms with Gasteiger partial charge in [0.25, 0.3) is 0 Å². The van der Waals surface area contributed by atoms with Gasteiger partial charge in [0.1, 0.15) is 5.76 Å². The zero-order chi connectivity index (χ0) is 14.0. The van der Waals surface area contributed by atoms with Crippen molar-refractivity contribution in [3.05, 3.63) is 24.2 Å². The smallest absolute Gasteiger partial charge is 0.225 e. The Hall–Kier alpha value is -0.620. The predicted octanol–water partition coefficient (Wildman–Crippen LogP) is 2.11. The van der Waals surface area contributed by atoms with E-state index in [4.69, 9.17) is 8.94 Å². The molecule has 0 unspecified atom stereocenters. The highest BCUT2D eigenvalue weighted by molar-refractivity contribution is 7.88. The third-order valence-electron chi connectivity index (χ3n) is 2.49. The minimum Gasteiger partial charge on any atom is -0.467 e. The second kappa shape index (κ2) is 5.57. The molecule has 1 heterocycles. The van der Waals surface area contributed by atoms with Crippen LogP contribution in [0.2, 0.25) is 0 Å². The summed E-state index contributed by atoms with van der Waals surface area (Å²) in [6.07, 6.45) is 2.46. The number of sulfonamides is 1. The Morgan fingerprint density at radius 3 is 2.56 bits per heavy atom. The molecule has 1 aromatic heterocycles. The Bertz CT molecular complexity index is 524. The predicted molar refractivity (Wildman–Crippen MR) is 69.2 cm³/mol. The fourth-order valence-electron chi connectivity index (χ4n) is 1.65. The highest BCUT2D eigenvalue weighted by Gasteiger charge is 2.39. The van der Waals surface area contributed by atoms with E-state index >= 15 is 0 Å². The first-order chi connectivity index (χ1) is 8.20. The van der Waals surface area contributed by atoms with Gasteiger partial charge in [-0.2, -0.15) is 4.31 Å². The van der Waals surface area contributed by atoms with Gasteiger partial charge in [-0.3, -0.25) is 4.57 Å². The van der Waals surface area contributed by atoms with Gasteiger partial charge < -0.3 is 8.94 Å². The molecule has 8 heteroatoms. The van der Waals surface area contributed by atoms with Crippen LogP contribution in [0.1, 0.15) is 18.5 Å². The molecule has 0 aliphatic heterocycles. The average Bonchev–Trinajstić information content (AvgIpc) is 2.68. The van der Waals surface area contributed by atoms with Gasteiger partial charge in [-0.1, -0.05) is 0 Å². The van der Waals surface area contributed by atoms with Crippen molar-refractivity contribution >= 4 is 17.4 Å². The van der Waals surface area contributed by atoms with Crippen molar-refractivity contribution in [2.45, 2.75) is 12.7 Å². The first-order valence-corrected chi connectivity index (χ1v) is 9.37. The molecule has 0 aliphatic rings. The van der Waals surface area contributed by atoms with Crippen molar-refractivity contribution in [2.24, 2.45) is 0 Å². The van der Waals surface area contributed by atoms with Crippen LogP contribution in [0, 0.1) is 0 Å². The zero-order valence-electron chi connectivity index (χ0n) is 10.9. The van der Waals surface area contributed by atoms with E-state index in [1.54, 1.807) is 19.1 Å². The number of furan rings is 1. The lowest BCUT2D eigenvalue weighted by atomic mass is 10.4. The topological polar surface area (TPSA) is 76.8 Å². The van der Waals surface area contributed by atoms with Crippen LogP contribution in [0.3, 0.4) is 0 Å². The summed E-state index contributed by atoms with van der Waals surface area (Å²) in [5.74, 6) is -0.635. The molecular weight excluding hydrogens is 277 g/mol. The van der Waals surface area contributed by atoms with Crippen LogP contribution >= 0.6 is 7.37 Å². The fourth-order valence-corrected chi connectivity index (χ4v) is 5.00. The van der Waals surface area contributed by atoms with E-state index in [0.29, 0.717) is 5.76 Å². The van der Waals surface area contributed by atoms with Crippen molar-refractivity contribution in [1.82, 2.24) is 4.31 Å². The van der Waals surface area contributed by atoms with E-state index in [9.17, 15) is 13.0 Å². The summed E-state index contributed by atoms with van der Waals surface area (Å²) in [4.78, 5) is 0. The van der Waals surface area contributed by atoms with E-state index in [-0.39, 0.29) is 6.61 Å². The van der Waals surface area contributed by atoms with Crippen molar-refractivity contribution in [3.63, 3.8) is 0 Å². The van der Waals surface area contributed by atoms with Gasteiger partial charge in [-0.25, -0.2) is 8.42 Å². The van der Waals surface area contributed by atoms with Crippen LogP contribution in [-0.4, -0.2) is 39.3 Å². The number of nitrogens with zero attached hydrogens (tertiary/aromatic N) is 1. The number of rotatable bonds is 6. The molecule has 6 nitrogen and oxygen atoms in total. The zero-order valence-corrected chi connectivity index (χ0v) is 12.6. The summed E-state index contributed by atoms with van der Waals surface area (Å²) in [7, 11) is -5.34. The fraction of sp³-hybridized carbons (Fsp3) is 0.600. The summed E-state index contributed by atoms with van der Waals surface area (Å²) >= 11 is 0. The molecule has 1 aromatic rings. The lowest BCUT2D eigenvalue weighted by Crippen LogP contribution is -2.30. The van der Waals surface area contributed by atoms with Gasteiger partial charge in [0.2, 0.25) is 17.4 Å². The summed E-state index contributed by atoms with van der Waals surface area (Å²) in [5.41, 5.74) is 0. The van der Waals surface area contributed by atoms with Crippen LogP contribution < -0.4 is 0 Å². The second-order valence-corrected chi connectivity index (χ2v) is 8.60. The Balaban J connectivity index is 3.24. The molecule has 0 saturated carbocycles. The van der Waals surface area contributed by atoms with Crippen molar-refractivity contribution < 1.29 is 21.9 Å². The molecule has 0 N–H and O–H groups in total. The Labute approximate surface area is 107 Å². The highest BCUT2D eigenvalue weighted by Crippen LogP contribution is 2.58. The standard InChI is InChI=1S/C10H18NO5PS/c1-5-16-17(3,12)10(9-7-6-8-15-9)11(2)18(4,13)14/h6-8,10H,5H2,1-4H3/t10-,17-/m1/s1. The molecule has 2 atom stereocenters. The molecule has 0 fully saturated rings. The summed E-state index contributed by atoms with van der Waals surface area (Å²) < 4.78 is 47.2. The van der Waals surface area contributed by atoms with Gasteiger partial charge in [-0.05, 0) is 19.1 Å². The molecule has 0 aliphatic carbocycles. The maximum atomic E-state index is 12.5. The third-order valence-corrected chi connectivity index (χ3v) is 6.17. The summed E-state index contributed by atoms with van der Waals surface area (Å²) in [5, 5.41) is 0. The quantitative estimate of drug-likeness (QED) is 0.751. The molecule has 0 spiro atoms. The molecule has 0 saturated heterocycles. The van der Waals surface area contributed by atoms with Gasteiger partial charge in [0.05, 0.1) is 19.1 Å². The SMILES string of the molecule is CCO[P@@](C)(=O)[C@H](c1ccco1)N(C)S(C)(=O)=O. The minimum absolute atomic E-state index is 0.239. The minimum atomic E-state index is -3.51. The Kier molecular flexibility index (Phi) is 4.78. The van der Waals surface area contributed by atoms with Crippen LogP contribution in [0.5, 0.6) is 0 Å². The molecule has 18 heavy (non-hydrogen) atoms.